The molecule has 1 fully saturated rings. The van der Waals surface area contributed by atoms with E-state index < -0.39 is 0 Å². The monoisotopic (exact) mass is 174 g/mol. The molecule has 2 aliphatic rings. The van der Waals surface area contributed by atoms with Crippen molar-refractivity contribution in [3.63, 3.8) is 0 Å². The lowest BCUT2D eigenvalue weighted by Crippen LogP contribution is -2.17. The second-order valence-electron chi connectivity index (χ2n) is 4.18. The number of fused-ring (bicyclic) bond motifs is 5. The highest BCUT2D eigenvalue weighted by Gasteiger charge is 2.43. The summed E-state index contributed by atoms with van der Waals surface area (Å²) >= 11 is 0. The Bertz CT molecular complexity index is 330. The van der Waals surface area contributed by atoms with Gasteiger partial charge in [0, 0.05) is 13.0 Å². The molecule has 2 aliphatic carbocycles. The zero-order chi connectivity index (χ0) is 8.84. The second kappa shape index (κ2) is 2.58. The summed E-state index contributed by atoms with van der Waals surface area (Å²) in [6, 6.07) is 8.85. The third kappa shape index (κ3) is 0.910. The molecule has 13 heavy (non-hydrogen) atoms. The van der Waals surface area contributed by atoms with Gasteiger partial charge in [0.05, 0.1) is 6.10 Å². The Balaban J connectivity index is 2.07. The lowest BCUT2D eigenvalue weighted by molar-refractivity contribution is 0.0904. The van der Waals surface area contributed by atoms with Crippen LogP contribution in [0.5, 0.6) is 0 Å². The average Bonchev–Trinajstić information content (AvgIpc) is 2.75. The molecular formula is C12H14O. The van der Waals surface area contributed by atoms with Crippen molar-refractivity contribution in [3.05, 3.63) is 35.4 Å². The molecule has 0 radical (unpaired) electrons. The first-order valence-corrected chi connectivity index (χ1v) is 5.01. The molecule has 1 aromatic rings. The van der Waals surface area contributed by atoms with Crippen molar-refractivity contribution in [2.24, 2.45) is 0 Å². The predicted octanol–water partition coefficient (Wildman–Crippen LogP) is 2.68. The molecule has 0 aromatic heterocycles. The predicted molar refractivity (Wildman–Crippen MR) is 52.0 cm³/mol. The summed E-state index contributed by atoms with van der Waals surface area (Å²) in [7, 11) is 1.84. The molecule has 1 heteroatoms. The maximum absolute atomic E-state index is 5.50. The van der Waals surface area contributed by atoms with Gasteiger partial charge in [-0.1, -0.05) is 24.3 Å². The van der Waals surface area contributed by atoms with Crippen LogP contribution in [0.4, 0.5) is 0 Å². The van der Waals surface area contributed by atoms with E-state index in [4.69, 9.17) is 4.74 Å². The van der Waals surface area contributed by atoms with Crippen LogP contribution in [0, 0.1) is 0 Å². The summed E-state index contributed by atoms with van der Waals surface area (Å²) in [5.74, 6) is 1.47. The van der Waals surface area contributed by atoms with Crippen LogP contribution in [0.15, 0.2) is 24.3 Å². The van der Waals surface area contributed by atoms with Crippen molar-refractivity contribution in [1.29, 1.82) is 0 Å². The molecule has 1 nitrogen and oxygen atoms in total. The number of hydrogen-bond acceptors (Lipinski definition) is 1. The van der Waals surface area contributed by atoms with Crippen molar-refractivity contribution in [1.82, 2.24) is 0 Å². The summed E-state index contributed by atoms with van der Waals surface area (Å²) in [6.45, 7) is 0. The van der Waals surface area contributed by atoms with Crippen LogP contribution < -0.4 is 0 Å². The molecule has 0 N–H and O–H groups in total. The quantitative estimate of drug-likeness (QED) is 0.636. The van der Waals surface area contributed by atoms with E-state index in [9.17, 15) is 0 Å². The SMILES string of the molecule is COC1CC2CC1c1ccccc12. The maximum Gasteiger partial charge on any atom is 0.0645 e. The van der Waals surface area contributed by atoms with E-state index in [0.717, 1.165) is 5.92 Å². The van der Waals surface area contributed by atoms with Gasteiger partial charge >= 0.3 is 0 Å². The summed E-state index contributed by atoms with van der Waals surface area (Å²) in [4.78, 5) is 0. The van der Waals surface area contributed by atoms with Gasteiger partial charge in [-0.3, -0.25) is 0 Å². The molecule has 1 aromatic carbocycles. The van der Waals surface area contributed by atoms with E-state index in [2.05, 4.69) is 24.3 Å². The number of hydrogen-bond donors (Lipinski definition) is 0. The van der Waals surface area contributed by atoms with Crippen LogP contribution in [-0.4, -0.2) is 13.2 Å². The molecule has 2 bridgehead atoms. The molecule has 0 aliphatic heterocycles. The highest BCUT2D eigenvalue weighted by atomic mass is 16.5. The smallest absolute Gasteiger partial charge is 0.0645 e. The van der Waals surface area contributed by atoms with Gasteiger partial charge in [0.2, 0.25) is 0 Å². The summed E-state index contributed by atoms with van der Waals surface area (Å²) in [5.41, 5.74) is 3.13. The van der Waals surface area contributed by atoms with Crippen LogP contribution in [-0.2, 0) is 4.74 Å². The standard InChI is InChI=1S/C12H14O/c1-13-12-7-8-6-11(12)10-5-3-2-4-9(8)10/h2-5,8,11-12H,6-7H2,1H3. The fourth-order valence-corrected chi connectivity index (χ4v) is 3.06. The van der Waals surface area contributed by atoms with Gasteiger partial charge in [0.25, 0.3) is 0 Å². The molecule has 1 saturated carbocycles. The first-order chi connectivity index (χ1) is 6.40. The molecule has 0 saturated heterocycles. The van der Waals surface area contributed by atoms with Gasteiger partial charge < -0.3 is 4.74 Å². The van der Waals surface area contributed by atoms with E-state index >= 15 is 0 Å². The zero-order valence-electron chi connectivity index (χ0n) is 7.86. The van der Waals surface area contributed by atoms with Gasteiger partial charge in [-0.25, -0.2) is 0 Å². The minimum atomic E-state index is 0.486. The van der Waals surface area contributed by atoms with Crippen molar-refractivity contribution in [2.75, 3.05) is 7.11 Å². The fraction of sp³-hybridized carbons (Fsp3) is 0.500. The summed E-state index contributed by atoms with van der Waals surface area (Å²) in [5, 5.41) is 0. The van der Waals surface area contributed by atoms with Crippen LogP contribution in [0.25, 0.3) is 0 Å². The fourth-order valence-electron chi connectivity index (χ4n) is 3.06. The van der Waals surface area contributed by atoms with E-state index in [1.165, 1.54) is 12.8 Å². The lowest BCUT2D eigenvalue weighted by Gasteiger charge is -2.22. The Kier molecular flexibility index (Phi) is 1.50. The van der Waals surface area contributed by atoms with Gasteiger partial charge in [0.15, 0.2) is 0 Å². The minimum absolute atomic E-state index is 0.486. The van der Waals surface area contributed by atoms with Crippen molar-refractivity contribution < 1.29 is 4.74 Å². The summed E-state index contributed by atoms with van der Waals surface area (Å²) in [6.07, 6.45) is 3.04. The van der Waals surface area contributed by atoms with E-state index in [1.807, 2.05) is 7.11 Å². The highest BCUT2D eigenvalue weighted by molar-refractivity contribution is 5.42. The lowest BCUT2D eigenvalue weighted by atomic mass is 9.90. The molecule has 0 heterocycles. The molecule has 3 rings (SSSR count). The van der Waals surface area contributed by atoms with Crippen LogP contribution in [0.3, 0.4) is 0 Å². The Labute approximate surface area is 78.7 Å². The Morgan fingerprint density at radius 2 is 1.92 bits per heavy atom. The largest absolute Gasteiger partial charge is 0.381 e. The first kappa shape index (κ1) is 7.57. The minimum Gasteiger partial charge on any atom is -0.381 e. The molecule has 3 atom stereocenters. The number of methoxy groups -OCH3 is 1. The normalized spacial score (nSPS) is 35.0. The Hall–Kier alpha value is -0.820. The van der Waals surface area contributed by atoms with Crippen molar-refractivity contribution in [2.45, 2.75) is 30.8 Å². The van der Waals surface area contributed by atoms with Gasteiger partial charge in [-0.05, 0) is 29.9 Å². The van der Waals surface area contributed by atoms with E-state index in [0.29, 0.717) is 12.0 Å². The Morgan fingerprint density at radius 1 is 1.15 bits per heavy atom. The number of benzene rings is 1. The molecule has 0 spiro atoms. The van der Waals surface area contributed by atoms with E-state index in [-0.39, 0.29) is 0 Å². The summed E-state index contributed by atoms with van der Waals surface area (Å²) < 4.78 is 5.50. The maximum atomic E-state index is 5.50. The van der Waals surface area contributed by atoms with Gasteiger partial charge in [-0.15, -0.1) is 0 Å². The van der Waals surface area contributed by atoms with Crippen molar-refractivity contribution >= 4 is 0 Å². The van der Waals surface area contributed by atoms with Gasteiger partial charge in [0.1, 0.15) is 0 Å². The van der Waals surface area contributed by atoms with Crippen LogP contribution in [0.2, 0.25) is 0 Å². The third-order valence-electron chi connectivity index (χ3n) is 3.64. The molecular weight excluding hydrogens is 160 g/mol. The molecule has 0 amide bonds. The van der Waals surface area contributed by atoms with Crippen molar-refractivity contribution in [3.8, 4) is 0 Å². The molecule has 68 valence electrons. The topological polar surface area (TPSA) is 9.23 Å². The molecule has 3 unspecified atom stereocenters. The van der Waals surface area contributed by atoms with Gasteiger partial charge in [-0.2, -0.15) is 0 Å². The van der Waals surface area contributed by atoms with Crippen LogP contribution in [0.1, 0.15) is 35.8 Å². The Morgan fingerprint density at radius 3 is 2.69 bits per heavy atom. The second-order valence-corrected chi connectivity index (χ2v) is 4.18. The third-order valence-corrected chi connectivity index (χ3v) is 3.64. The number of rotatable bonds is 1. The number of ether oxygens (including phenoxy) is 1. The average molecular weight is 174 g/mol. The zero-order valence-corrected chi connectivity index (χ0v) is 7.86. The van der Waals surface area contributed by atoms with Crippen LogP contribution >= 0.6 is 0 Å². The van der Waals surface area contributed by atoms with E-state index in [1.54, 1.807) is 11.1 Å². The first-order valence-electron chi connectivity index (χ1n) is 5.01. The highest BCUT2D eigenvalue weighted by Crippen LogP contribution is 2.53.